The Morgan fingerprint density at radius 1 is 1.09 bits per heavy atom. The molecule has 1 unspecified atom stereocenters. The first-order valence-corrected chi connectivity index (χ1v) is 12.7. The molecule has 0 amide bonds. The molecule has 32 heavy (non-hydrogen) atoms. The Morgan fingerprint density at radius 3 is 2.53 bits per heavy atom. The van der Waals surface area contributed by atoms with E-state index >= 15 is 0 Å². The lowest BCUT2D eigenvalue weighted by atomic mass is 9.51. The first kappa shape index (κ1) is 21.9. The maximum Gasteiger partial charge on any atom is 0.156 e. The molecule has 3 nitrogen and oxygen atoms in total. The molecule has 2 saturated carbocycles. The van der Waals surface area contributed by atoms with Gasteiger partial charge in [0.1, 0.15) is 0 Å². The van der Waals surface area contributed by atoms with Crippen LogP contribution in [0.2, 0.25) is 0 Å². The van der Waals surface area contributed by atoms with Crippen molar-refractivity contribution in [1.82, 2.24) is 0 Å². The van der Waals surface area contributed by atoms with Gasteiger partial charge >= 0.3 is 0 Å². The molecule has 0 saturated heterocycles. The monoisotopic (exact) mass is 433 g/mol. The number of nitrogens with zero attached hydrogens (tertiary/aromatic N) is 1. The van der Waals surface area contributed by atoms with Crippen LogP contribution in [0.4, 0.5) is 5.69 Å². The maximum atomic E-state index is 12.2. The highest BCUT2D eigenvalue weighted by Gasteiger charge is 2.62. The highest BCUT2D eigenvalue weighted by Crippen LogP contribution is 2.67. The molecule has 0 aromatic heterocycles. The molecule has 4 aliphatic rings. The van der Waals surface area contributed by atoms with Crippen LogP contribution in [0.3, 0.4) is 0 Å². The Morgan fingerprint density at radius 2 is 1.84 bits per heavy atom. The fourth-order valence-corrected chi connectivity index (χ4v) is 7.88. The molecule has 5 rings (SSSR count). The fraction of sp³-hybridized carbons (Fsp3) is 0.621. The van der Waals surface area contributed by atoms with E-state index in [1.165, 1.54) is 22.4 Å². The summed E-state index contributed by atoms with van der Waals surface area (Å²) in [5.41, 5.74) is 6.43. The zero-order valence-electron chi connectivity index (χ0n) is 20.3. The van der Waals surface area contributed by atoms with Gasteiger partial charge in [0.05, 0.1) is 5.60 Å². The summed E-state index contributed by atoms with van der Waals surface area (Å²) in [5.74, 6) is 1.73. The predicted octanol–water partition coefficient (Wildman–Crippen LogP) is 6.18. The number of carbonyl (C=O) groups is 1. The normalized spacial score (nSPS) is 36.3. The Hall–Kier alpha value is -1.87. The van der Waals surface area contributed by atoms with Crippen molar-refractivity contribution in [2.45, 2.75) is 83.2 Å². The molecule has 3 heteroatoms. The summed E-state index contributed by atoms with van der Waals surface area (Å²) in [6.07, 6.45) is 10.7. The molecule has 0 heterocycles. The lowest BCUT2D eigenvalue weighted by Gasteiger charge is -2.55. The molecular weight excluding hydrogens is 394 g/mol. The van der Waals surface area contributed by atoms with E-state index in [0.29, 0.717) is 30.0 Å². The molecule has 172 valence electrons. The number of anilines is 1. The molecule has 1 aromatic carbocycles. The predicted molar refractivity (Wildman–Crippen MR) is 131 cm³/mol. The van der Waals surface area contributed by atoms with Crippen molar-refractivity contribution >= 4 is 11.5 Å². The van der Waals surface area contributed by atoms with Crippen molar-refractivity contribution < 1.29 is 9.90 Å². The zero-order valence-corrected chi connectivity index (χ0v) is 20.3. The van der Waals surface area contributed by atoms with Gasteiger partial charge < -0.3 is 10.0 Å². The molecule has 5 atom stereocenters. The number of hydrogen-bond acceptors (Lipinski definition) is 3. The maximum absolute atomic E-state index is 12.2. The topological polar surface area (TPSA) is 40.5 Å². The Kier molecular flexibility index (Phi) is 5.40. The van der Waals surface area contributed by atoms with Crippen LogP contribution in [0, 0.1) is 17.3 Å². The van der Waals surface area contributed by atoms with Crippen molar-refractivity contribution in [3.05, 3.63) is 52.6 Å². The summed E-state index contributed by atoms with van der Waals surface area (Å²) in [6.45, 7) is 4.61. The first-order valence-electron chi connectivity index (χ1n) is 12.7. The van der Waals surface area contributed by atoms with Gasteiger partial charge in [0.25, 0.3) is 0 Å². The Labute approximate surface area is 193 Å². The molecule has 0 aliphatic heterocycles. The van der Waals surface area contributed by atoms with Gasteiger partial charge in [-0.25, -0.2) is 0 Å². The number of ketones is 1. The number of fused-ring (bicyclic) bond motifs is 4. The van der Waals surface area contributed by atoms with Gasteiger partial charge in [0.15, 0.2) is 5.78 Å². The molecule has 0 radical (unpaired) electrons. The van der Waals surface area contributed by atoms with Crippen LogP contribution >= 0.6 is 0 Å². The van der Waals surface area contributed by atoms with Crippen molar-refractivity contribution in [2.75, 3.05) is 19.0 Å². The lowest BCUT2D eigenvalue weighted by Crippen LogP contribution is -2.51. The third-order valence-corrected chi connectivity index (χ3v) is 9.53. The van der Waals surface area contributed by atoms with Gasteiger partial charge in [-0.1, -0.05) is 38.0 Å². The number of aliphatic hydroxyl groups is 1. The summed E-state index contributed by atoms with van der Waals surface area (Å²) >= 11 is 0. The van der Waals surface area contributed by atoms with Crippen LogP contribution in [0.15, 0.2) is 47.1 Å². The molecule has 0 spiro atoms. The number of carbonyl (C=O) groups excluding carboxylic acids is 1. The van der Waals surface area contributed by atoms with Crippen molar-refractivity contribution in [3.63, 3.8) is 0 Å². The van der Waals surface area contributed by atoms with Gasteiger partial charge in [0, 0.05) is 37.5 Å². The second kappa shape index (κ2) is 7.87. The highest BCUT2D eigenvalue weighted by molar-refractivity contribution is 5.93. The Balaban J connectivity index is 1.65. The van der Waals surface area contributed by atoms with E-state index in [2.05, 4.69) is 57.1 Å². The minimum Gasteiger partial charge on any atom is -0.389 e. The largest absolute Gasteiger partial charge is 0.389 e. The van der Waals surface area contributed by atoms with Gasteiger partial charge in [-0.3, -0.25) is 4.79 Å². The SMILES string of the molecule is CCC[C@]1(O)CC[C@H]2[C@@H]3CCC4=CC(=O)CCC4=C3C(c3ccc(N(C)C)cc3)C[C@@]21C. The van der Waals surface area contributed by atoms with E-state index in [9.17, 15) is 9.90 Å². The third kappa shape index (κ3) is 3.22. The zero-order chi connectivity index (χ0) is 22.7. The van der Waals surface area contributed by atoms with Crippen LogP contribution in [0.5, 0.6) is 0 Å². The van der Waals surface area contributed by atoms with Gasteiger partial charge in [-0.05, 0) is 91.7 Å². The summed E-state index contributed by atoms with van der Waals surface area (Å²) in [7, 11) is 4.17. The van der Waals surface area contributed by atoms with E-state index in [-0.39, 0.29) is 5.41 Å². The number of rotatable bonds is 4. The van der Waals surface area contributed by atoms with E-state index in [0.717, 1.165) is 51.4 Å². The second-order valence-corrected chi connectivity index (χ2v) is 11.3. The van der Waals surface area contributed by atoms with E-state index in [1.54, 1.807) is 5.57 Å². The van der Waals surface area contributed by atoms with Gasteiger partial charge in [-0.15, -0.1) is 0 Å². The molecule has 4 aliphatic carbocycles. The van der Waals surface area contributed by atoms with Gasteiger partial charge in [0.2, 0.25) is 0 Å². The molecular formula is C29H39NO2. The quantitative estimate of drug-likeness (QED) is 0.616. The average Bonchev–Trinajstić information content (AvgIpc) is 3.03. The molecule has 2 fully saturated rings. The second-order valence-electron chi connectivity index (χ2n) is 11.3. The molecule has 1 aromatic rings. The van der Waals surface area contributed by atoms with E-state index in [4.69, 9.17) is 0 Å². The van der Waals surface area contributed by atoms with Crippen LogP contribution in [-0.4, -0.2) is 30.6 Å². The first-order chi connectivity index (χ1) is 15.3. The van der Waals surface area contributed by atoms with Crippen LogP contribution in [-0.2, 0) is 4.79 Å². The summed E-state index contributed by atoms with van der Waals surface area (Å²) in [6, 6.07) is 9.10. The smallest absolute Gasteiger partial charge is 0.156 e. The van der Waals surface area contributed by atoms with E-state index < -0.39 is 5.60 Å². The molecule has 0 bridgehead atoms. The highest BCUT2D eigenvalue weighted by atomic mass is 16.3. The van der Waals surface area contributed by atoms with Crippen LogP contribution < -0.4 is 4.90 Å². The minimum absolute atomic E-state index is 0.0473. The summed E-state index contributed by atoms with van der Waals surface area (Å²) in [5, 5.41) is 11.9. The van der Waals surface area contributed by atoms with Crippen LogP contribution in [0.25, 0.3) is 0 Å². The standard InChI is InChI=1S/C29H39NO2/c1-5-15-29(32)16-14-26-24-12-8-20-17-22(31)11-13-23(20)27(24)25(18-28(26,29)2)19-6-9-21(10-7-19)30(3)4/h6-7,9-10,17,24-26,32H,5,8,11-16,18H2,1-4H3/t24-,25?,26-,28-,29-/m0/s1. The van der Waals surface area contributed by atoms with Crippen LogP contribution in [0.1, 0.15) is 83.1 Å². The number of benzene rings is 1. The summed E-state index contributed by atoms with van der Waals surface area (Å²) in [4.78, 5) is 14.3. The number of allylic oxidation sites excluding steroid dienone is 4. The fourth-order valence-electron chi connectivity index (χ4n) is 7.88. The third-order valence-electron chi connectivity index (χ3n) is 9.53. The van der Waals surface area contributed by atoms with Gasteiger partial charge in [-0.2, -0.15) is 0 Å². The Bertz CT molecular complexity index is 971. The van der Waals surface area contributed by atoms with E-state index in [1.807, 2.05) is 6.08 Å². The summed E-state index contributed by atoms with van der Waals surface area (Å²) < 4.78 is 0. The average molecular weight is 434 g/mol. The van der Waals surface area contributed by atoms with Crippen molar-refractivity contribution in [2.24, 2.45) is 17.3 Å². The van der Waals surface area contributed by atoms with Crippen molar-refractivity contribution in [3.8, 4) is 0 Å². The molecule has 1 N–H and O–H groups in total. The number of hydrogen-bond donors (Lipinski definition) is 1. The minimum atomic E-state index is -0.552. The lowest BCUT2D eigenvalue weighted by molar-refractivity contribution is -0.114. The van der Waals surface area contributed by atoms with Crippen molar-refractivity contribution in [1.29, 1.82) is 0 Å².